The van der Waals surface area contributed by atoms with Gasteiger partial charge >= 0.3 is 0 Å². The molecular weight excluding hydrogens is 573 g/mol. The van der Waals surface area contributed by atoms with Gasteiger partial charge < -0.3 is 4.57 Å². The molecule has 2 nitrogen and oxygen atoms in total. The molecule has 3 aliphatic rings. The molecule has 2 radical (unpaired) electrons. The van der Waals surface area contributed by atoms with E-state index in [0.717, 1.165) is 18.3 Å². The quantitative estimate of drug-likeness (QED) is 0.178. The zero-order chi connectivity index (χ0) is 30.8. The van der Waals surface area contributed by atoms with Crippen molar-refractivity contribution in [3.63, 3.8) is 0 Å². The van der Waals surface area contributed by atoms with Gasteiger partial charge in [-0.15, -0.1) is 0 Å². The van der Waals surface area contributed by atoms with Crippen LogP contribution in [0.25, 0.3) is 44.1 Å². The molecule has 2 aliphatic carbocycles. The van der Waals surface area contributed by atoms with E-state index in [2.05, 4.69) is 152 Å². The predicted molar refractivity (Wildman–Crippen MR) is 196 cm³/mol. The molecule has 1 aliphatic heterocycles. The Morgan fingerprint density at radius 1 is 0.717 bits per heavy atom. The average Bonchev–Trinajstić information content (AvgIpc) is 3.56. The van der Waals surface area contributed by atoms with E-state index in [1.807, 2.05) is 6.20 Å². The van der Waals surface area contributed by atoms with Gasteiger partial charge in [0, 0.05) is 27.9 Å². The fourth-order valence-corrected chi connectivity index (χ4v) is 9.14. The van der Waals surface area contributed by atoms with Crippen molar-refractivity contribution in [2.24, 2.45) is 4.99 Å². The lowest BCUT2D eigenvalue weighted by Gasteiger charge is -2.22. The van der Waals surface area contributed by atoms with Crippen LogP contribution in [0.2, 0.25) is 0 Å². The fourth-order valence-electron chi connectivity index (χ4n) is 7.80. The molecule has 0 fully saturated rings. The van der Waals surface area contributed by atoms with Gasteiger partial charge in [0.15, 0.2) is 0 Å². The third kappa shape index (κ3) is 4.26. The highest BCUT2D eigenvalue weighted by molar-refractivity contribution is 6.77. The van der Waals surface area contributed by atoms with Gasteiger partial charge in [0.25, 0.3) is 0 Å². The first-order valence-corrected chi connectivity index (χ1v) is 17.4. The van der Waals surface area contributed by atoms with Crippen LogP contribution in [0.4, 0.5) is 0 Å². The first kappa shape index (κ1) is 27.3. The highest BCUT2D eigenvalue weighted by atomic mass is 28.2. The Kier molecular flexibility index (Phi) is 6.26. The van der Waals surface area contributed by atoms with Crippen molar-refractivity contribution in [2.75, 3.05) is 0 Å². The van der Waals surface area contributed by atoms with Gasteiger partial charge in [-0.25, -0.2) is 4.99 Å². The van der Waals surface area contributed by atoms with E-state index in [0.29, 0.717) is 15.1 Å². The summed E-state index contributed by atoms with van der Waals surface area (Å²) in [5.74, 6) is 0. The molecule has 0 saturated carbocycles. The highest BCUT2D eigenvalue weighted by Crippen LogP contribution is 2.50. The molecular formula is C43H34N2Si. The summed E-state index contributed by atoms with van der Waals surface area (Å²) in [6.07, 6.45) is 11.2. The summed E-state index contributed by atoms with van der Waals surface area (Å²) in [5.41, 5.74) is 16.1. The smallest absolute Gasteiger partial charge is 0.146 e. The van der Waals surface area contributed by atoms with Gasteiger partial charge in [-0.3, -0.25) is 0 Å². The molecule has 0 saturated heterocycles. The Labute approximate surface area is 273 Å². The lowest BCUT2D eigenvalue weighted by atomic mass is 9.82. The van der Waals surface area contributed by atoms with Crippen LogP contribution in [0, 0.1) is 0 Å². The third-order valence-electron chi connectivity index (χ3n) is 10.2. The Bertz CT molecular complexity index is 2300. The monoisotopic (exact) mass is 606 g/mol. The molecule has 0 bridgehead atoms. The minimum Gasteiger partial charge on any atom is -0.302 e. The molecule has 3 heteroatoms. The summed E-state index contributed by atoms with van der Waals surface area (Å²) in [6, 6.07) is 42.7. The van der Waals surface area contributed by atoms with Crippen LogP contribution in [-0.2, 0) is 5.41 Å². The Morgan fingerprint density at radius 2 is 1.50 bits per heavy atom. The number of aromatic nitrogens is 1. The van der Waals surface area contributed by atoms with Gasteiger partial charge in [-0.05, 0) is 81.1 Å². The van der Waals surface area contributed by atoms with Crippen molar-refractivity contribution in [1.82, 2.24) is 4.57 Å². The second kappa shape index (κ2) is 10.5. The van der Waals surface area contributed by atoms with Crippen molar-refractivity contribution in [1.29, 1.82) is 0 Å². The number of allylic oxidation sites excluding steroid dienone is 5. The fraction of sp³-hybridized carbons (Fsp3) is 0.140. The molecule has 9 rings (SSSR count). The van der Waals surface area contributed by atoms with E-state index in [1.165, 1.54) is 71.9 Å². The first-order valence-electron chi connectivity index (χ1n) is 16.3. The number of hydrogen-bond donors (Lipinski definition) is 0. The van der Waals surface area contributed by atoms with Gasteiger partial charge in [0.2, 0.25) is 0 Å². The zero-order valence-corrected chi connectivity index (χ0v) is 27.2. The number of hydrogen-bond acceptors (Lipinski definition) is 1. The average molecular weight is 607 g/mol. The zero-order valence-electron chi connectivity index (χ0n) is 26.2. The maximum atomic E-state index is 5.04. The first-order chi connectivity index (χ1) is 22.6. The summed E-state index contributed by atoms with van der Waals surface area (Å²) in [6.45, 7) is 4.72. The van der Waals surface area contributed by atoms with Crippen LogP contribution >= 0.6 is 0 Å². The second-order valence-corrected chi connectivity index (χ2v) is 14.6. The number of rotatable bonds is 3. The van der Waals surface area contributed by atoms with Gasteiger partial charge in [-0.2, -0.15) is 0 Å². The SMILES string of the molecule is CC1(C)c2ccccc2-c2cc3c4ccccc4n(C4=NC=CC(c5ccc(C6=CCCC(c7ccccc7)=C6)cc5)[Si]4)c3cc21. The van der Waals surface area contributed by atoms with Gasteiger partial charge in [0.1, 0.15) is 9.52 Å². The molecule has 0 spiro atoms. The molecule has 1 aromatic heterocycles. The van der Waals surface area contributed by atoms with Crippen molar-refractivity contribution in [2.45, 2.75) is 37.6 Å². The topological polar surface area (TPSA) is 17.3 Å². The van der Waals surface area contributed by atoms with Gasteiger partial charge in [-0.1, -0.05) is 129 Å². The maximum absolute atomic E-state index is 5.04. The summed E-state index contributed by atoms with van der Waals surface area (Å²) < 4.78 is 2.44. The molecule has 46 heavy (non-hydrogen) atoms. The number of nitrogens with zero attached hydrogens (tertiary/aromatic N) is 2. The van der Waals surface area contributed by atoms with E-state index in [-0.39, 0.29) is 5.41 Å². The molecule has 220 valence electrons. The minimum atomic E-state index is -0.0485. The third-order valence-corrected chi connectivity index (χ3v) is 11.7. The number of fused-ring (bicyclic) bond motifs is 6. The van der Waals surface area contributed by atoms with E-state index >= 15 is 0 Å². The van der Waals surface area contributed by atoms with Crippen LogP contribution < -0.4 is 0 Å². The lowest BCUT2D eigenvalue weighted by molar-refractivity contribution is 0.661. The molecule has 0 amide bonds. The van der Waals surface area contributed by atoms with E-state index < -0.39 is 0 Å². The minimum absolute atomic E-state index is 0.0485. The van der Waals surface area contributed by atoms with E-state index in [4.69, 9.17) is 4.99 Å². The van der Waals surface area contributed by atoms with Crippen LogP contribution in [0.15, 0.2) is 145 Å². The molecule has 2 heterocycles. The molecule has 6 aromatic rings. The number of para-hydroxylation sites is 1. The summed E-state index contributed by atoms with van der Waals surface area (Å²) in [4.78, 5) is 5.04. The standard InChI is InChI=1S/C43H34N2Si/c1-43(2)37-17-8-6-15-33(37)35-26-36-34-16-7-9-18-39(34)45(40(36)27-38(35)43)42-44-24-23-41(46-42)30-21-19-29(20-22-30)32-14-10-13-31(25-32)28-11-4-3-5-12-28/h3-9,11-12,14-27,41H,10,13H2,1-2H3. The number of aliphatic imine (C=N–C) groups is 1. The number of benzene rings is 5. The molecule has 0 N–H and O–H groups in total. The molecule has 1 atom stereocenters. The van der Waals surface area contributed by atoms with Crippen molar-refractivity contribution < 1.29 is 0 Å². The van der Waals surface area contributed by atoms with Crippen molar-refractivity contribution >= 4 is 47.9 Å². The van der Waals surface area contributed by atoms with E-state index in [9.17, 15) is 0 Å². The molecule has 1 unspecified atom stereocenters. The Morgan fingerprint density at radius 3 is 2.37 bits per heavy atom. The van der Waals surface area contributed by atoms with Crippen LogP contribution in [0.1, 0.15) is 60.0 Å². The predicted octanol–water partition coefficient (Wildman–Crippen LogP) is 10.5. The van der Waals surface area contributed by atoms with Gasteiger partial charge in [0.05, 0.1) is 16.5 Å². The summed E-state index contributed by atoms with van der Waals surface area (Å²) in [5, 5.41) is 2.59. The highest BCUT2D eigenvalue weighted by Gasteiger charge is 2.36. The maximum Gasteiger partial charge on any atom is 0.146 e. The van der Waals surface area contributed by atoms with Crippen LogP contribution in [-0.4, -0.2) is 19.5 Å². The largest absolute Gasteiger partial charge is 0.302 e. The Balaban J connectivity index is 1.07. The second-order valence-electron chi connectivity index (χ2n) is 13.2. The van der Waals surface area contributed by atoms with Crippen molar-refractivity contribution in [3.05, 3.63) is 168 Å². The normalized spacial score (nSPS) is 18.2. The Hall–Kier alpha value is -4.99. The lowest BCUT2D eigenvalue weighted by Crippen LogP contribution is -2.26. The summed E-state index contributed by atoms with van der Waals surface area (Å²) >= 11 is 0. The van der Waals surface area contributed by atoms with Crippen molar-refractivity contribution in [3.8, 4) is 11.1 Å². The molecule has 5 aromatic carbocycles. The summed E-state index contributed by atoms with van der Waals surface area (Å²) in [7, 11) is 0.526. The van der Waals surface area contributed by atoms with E-state index in [1.54, 1.807) is 0 Å². The van der Waals surface area contributed by atoms with Crippen LogP contribution in [0.3, 0.4) is 0 Å². The van der Waals surface area contributed by atoms with Crippen LogP contribution in [0.5, 0.6) is 0 Å².